The topological polar surface area (TPSA) is 0 Å². The first-order valence-corrected chi connectivity index (χ1v) is 7.79. The Bertz CT molecular complexity index is 363. The van der Waals surface area contributed by atoms with Gasteiger partial charge in [0.25, 0.3) is 0 Å². The first-order valence-electron chi connectivity index (χ1n) is 7.79. The summed E-state index contributed by atoms with van der Waals surface area (Å²) in [6.07, 6.45) is 1.14. The molecule has 20 heavy (non-hydrogen) atoms. The van der Waals surface area contributed by atoms with Crippen LogP contribution < -0.4 is 0 Å². The van der Waals surface area contributed by atoms with Crippen LogP contribution in [0.15, 0.2) is 54.6 Å². The van der Waals surface area contributed by atoms with Crippen LogP contribution in [-0.4, -0.2) is 0 Å². The Balaban J connectivity index is 0. The third kappa shape index (κ3) is 11.5. The van der Waals surface area contributed by atoms with Gasteiger partial charge in [0.15, 0.2) is 0 Å². The summed E-state index contributed by atoms with van der Waals surface area (Å²) in [7, 11) is 0. The van der Waals surface area contributed by atoms with E-state index in [2.05, 4.69) is 69.3 Å². The van der Waals surface area contributed by atoms with E-state index >= 15 is 0 Å². The fourth-order valence-corrected chi connectivity index (χ4v) is 1.35. The van der Waals surface area contributed by atoms with E-state index in [1.807, 2.05) is 33.8 Å². The minimum absolute atomic E-state index is 1.14. The highest BCUT2D eigenvalue weighted by molar-refractivity contribution is 5.19. The predicted molar refractivity (Wildman–Crippen MR) is 94.4 cm³/mol. The maximum atomic E-state index is 2.16. The first-order chi connectivity index (χ1) is 9.72. The molecule has 0 heterocycles. The second-order valence-corrected chi connectivity index (χ2v) is 3.99. The van der Waals surface area contributed by atoms with Crippen molar-refractivity contribution in [2.75, 3.05) is 0 Å². The molecule has 0 atom stereocenters. The van der Waals surface area contributed by atoms with E-state index in [0.717, 1.165) is 6.42 Å². The van der Waals surface area contributed by atoms with Crippen molar-refractivity contribution in [3.63, 3.8) is 0 Å². The van der Waals surface area contributed by atoms with Gasteiger partial charge in [0.1, 0.15) is 0 Å². The van der Waals surface area contributed by atoms with Crippen LogP contribution >= 0.6 is 0 Å². The maximum absolute atomic E-state index is 2.16. The number of hydrogen-bond donors (Lipinski definition) is 0. The minimum Gasteiger partial charge on any atom is -0.0683 e. The molecule has 0 heteroatoms. The van der Waals surface area contributed by atoms with Gasteiger partial charge in [-0.2, -0.15) is 0 Å². The summed E-state index contributed by atoms with van der Waals surface area (Å²) in [6, 6.07) is 18.9. The molecule has 2 aromatic rings. The van der Waals surface area contributed by atoms with Crippen LogP contribution in [0.1, 0.15) is 51.3 Å². The monoisotopic (exact) mass is 272 g/mol. The van der Waals surface area contributed by atoms with Crippen LogP contribution in [0.4, 0.5) is 0 Å². The average Bonchev–Trinajstić information content (AvgIpc) is 2.55. The molecule has 0 bridgehead atoms. The lowest BCUT2D eigenvalue weighted by Crippen LogP contribution is -1.73. The summed E-state index contributed by atoms with van der Waals surface area (Å²) in [6.45, 7) is 14.4. The zero-order valence-corrected chi connectivity index (χ0v) is 14.4. The second kappa shape index (κ2) is 15.5. The summed E-state index contributed by atoms with van der Waals surface area (Å²) in [4.78, 5) is 0. The van der Waals surface area contributed by atoms with E-state index in [4.69, 9.17) is 0 Å². The third-order valence-electron chi connectivity index (χ3n) is 2.47. The van der Waals surface area contributed by atoms with Gasteiger partial charge in [0, 0.05) is 0 Å². The van der Waals surface area contributed by atoms with Crippen LogP contribution in [-0.2, 0) is 6.42 Å². The first kappa shape index (κ1) is 20.8. The van der Waals surface area contributed by atoms with E-state index < -0.39 is 0 Å². The van der Waals surface area contributed by atoms with Crippen molar-refractivity contribution in [1.82, 2.24) is 0 Å². The smallest absolute Gasteiger partial charge is 0.0307 e. The Hall–Kier alpha value is -1.56. The van der Waals surface area contributed by atoms with E-state index in [1.54, 1.807) is 0 Å². The lowest BCUT2D eigenvalue weighted by Gasteiger charge is -1.90. The molecule has 0 spiro atoms. The lowest BCUT2D eigenvalue weighted by atomic mass is 10.2. The number of rotatable bonds is 1. The zero-order valence-electron chi connectivity index (χ0n) is 14.4. The zero-order chi connectivity index (χ0) is 15.8. The fourth-order valence-electron chi connectivity index (χ4n) is 1.35. The van der Waals surface area contributed by atoms with Crippen LogP contribution in [0.3, 0.4) is 0 Å². The van der Waals surface area contributed by atoms with Crippen molar-refractivity contribution in [3.8, 4) is 0 Å². The Morgan fingerprint density at radius 3 is 1.20 bits per heavy atom. The fraction of sp³-hybridized carbons (Fsp3) is 0.400. The van der Waals surface area contributed by atoms with Crippen LogP contribution in [0.5, 0.6) is 0 Å². The molecule has 0 unspecified atom stereocenters. The molecule has 112 valence electrons. The van der Waals surface area contributed by atoms with Gasteiger partial charge < -0.3 is 0 Å². The Labute approximate surface area is 126 Å². The minimum atomic E-state index is 1.14. The van der Waals surface area contributed by atoms with Gasteiger partial charge in [0.05, 0.1) is 0 Å². The van der Waals surface area contributed by atoms with E-state index in [9.17, 15) is 0 Å². The molecule has 0 saturated heterocycles. The van der Waals surface area contributed by atoms with E-state index in [1.165, 1.54) is 16.7 Å². The Morgan fingerprint density at radius 1 is 0.600 bits per heavy atom. The van der Waals surface area contributed by atoms with Crippen LogP contribution in [0.2, 0.25) is 0 Å². The largest absolute Gasteiger partial charge is 0.0683 e. The molecule has 0 aliphatic heterocycles. The Kier molecular flexibility index (Phi) is 16.1. The Morgan fingerprint density at radius 2 is 0.950 bits per heavy atom. The summed E-state index contributed by atoms with van der Waals surface area (Å²) < 4.78 is 0. The number of hydrogen-bond acceptors (Lipinski definition) is 0. The molecule has 0 fully saturated rings. The van der Waals surface area contributed by atoms with Gasteiger partial charge in [-0.25, -0.2) is 0 Å². The maximum Gasteiger partial charge on any atom is -0.0307 e. The van der Waals surface area contributed by atoms with Gasteiger partial charge in [0.2, 0.25) is 0 Å². The van der Waals surface area contributed by atoms with Gasteiger partial charge in [-0.3, -0.25) is 0 Å². The summed E-state index contributed by atoms with van der Waals surface area (Å²) >= 11 is 0. The molecular weight excluding hydrogens is 240 g/mol. The number of aryl methyl sites for hydroxylation is 3. The second-order valence-electron chi connectivity index (χ2n) is 3.99. The van der Waals surface area contributed by atoms with Crippen molar-refractivity contribution in [1.29, 1.82) is 0 Å². The van der Waals surface area contributed by atoms with Crippen LogP contribution in [0.25, 0.3) is 0 Å². The normalized spacial score (nSPS) is 7.95. The quantitative estimate of drug-likeness (QED) is 0.548. The molecule has 0 aliphatic rings. The summed E-state index contributed by atoms with van der Waals surface area (Å²) in [5, 5.41) is 0. The molecule has 0 amide bonds. The van der Waals surface area contributed by atoms with Gasteiger partial charge >= 0.3 is 0 Å². The standard InChI is InChI=1S/2C8H10.2C2H6/c1-7-3-5-8(2)6-4-7;1-2-8-6-4-3-5-7-8;2*1-2/h3-6H,1-2H3;3-7H,2H2,1H3;2*1-2H3. The van der Waals surface area contributed by atoms with Gasteiger partial charge in [-0.15, -0.1) is 0 Å². The van der Waals surface area contributed by atoms with E-state index in [0.29, 0.717) is 0 Å². The van der Waals surface area contributed by atoms with Crippen molar-refractivity contribution in [3.05, 3.63) is 71.3 Å². The summed E-state index contributed by atoms with van der Waals surface area (Å²) in [5.74, 6) is 0. The lowest BCUT2D eigenvalue weighted by molar-refractivity contribution is 1.14. The predicted octanol–water partition coefficient (Wildman–Crippen LogP) is 6.60. The molecule has 0 saturated carbocycles. The molecule has 0 aromatic heterocycles. The highest BCUT2D eigenvalue weighted by Crippen LogP contribution is 1.99. The van der Waals surface area contributed by atoms with Crippen molar-refractivity contribution < 1.29 is 0 Å². The highest BCUT2D eigenvalue weighted by Gasteiger charge is 1.80. The molecule has 0 N–H and O–H groups in total. The average molecular weight is 272 g/mol. The van der Waals surface area contributed by atoms with Crippen LogP contribution in [0, 0.1) is 13.8 Å². The van der Waals surface area contributed by atoms with Gasteiger partial charge in [-0.05, 0) is 25.8 Å². The highest BCUT2D eigenvalue weighted by atomic mass is 13.9. The number of benzene rings is 2. The molecule has 0 radical (unpaired) electrons. The molecule has 0 aliphatic carbocycles. The molecular formula is C20H32. The van der Waals surface area contributed by atoms with Crippen molar-refractivity contribution in [2.24, 2.45) is 0 Å². The molecule has 2 rings (SSSR count). The SMILES string of the molecule is CC.CC.CCc1ccccc1.Cc1ccc(C)cc1. The summed E-state index contributed by atoms with van der Waals surface area (Å²) in [5.41, 5.74) is 4.07. The molecule has 2 aromatic carbocycles. The van der Waals surface area contributed by atoms with Crippen molar-refractivity contribution >= 4 is 0 Å². The third-order valence-corrected chi connectivity index (χ3v) is 2.47. The van der Waals surface area contributed by atoms with E-state index in [-0.39, 0.29) is 0 Å². The van der Waals surface area contributed by atoms with Crippen molar-refractivity contribution in [2.45, 2.75) is 54.9 Å². The van der Waals surface area contributed by atoms with Gasteiger partial charge in [-0.1, -0.05) is 100 Å². The molecule has 0 nitrogen and oxygen atoms in total.